The Morgan fingerprint density at radius 3 is 2.78 bits per heavy atom. The zero-order chi connectivity index (χ0) is 18.6. The molecule has 0 aliphatic carbocycles. The molecule has 6 nitrogen and oxygen atoms in total. The van der Waals surface area contributed by atoms with Gasteiger partial charge in [0.2, 0.25) is 6.79 Å². The van der Waals surface area contributed by atoms with Crippen molar-refractivity contribution in [2.75, 3.05) is 17.4 Å². The first-order valence-corrected chi connectivity index (χ1v) is 8.63. The molecule has 0 fully saturated rings. The molecular formula is C21H19N3O3. The minimum Gasteiger partial charge on any atom is -0.454 e. The second-order valence-corrected chi connectivity index (χ2v) is 6.26. The van der Waals surface area contributed by atoms with Crippen LogP contribution in [0.4, 0.5) is 11.4 Å². The summed E-state index contributed by atoms with van der Waals surface area (Å²) >= 11 is 0. The number of hydrogen-bond acceptors (Lipinski definition) is 5. The van der Waals surface area contributed by atoms with E-state index in [9.17, 15) is 4.79 Å². The van der Waals surface area contributed by atoms with Crippen molar-refractivity contribution in [2.45, 2.75) is 13.5 Å². The number of nitrogens with zero attached hydrogens (tertiary/aromatic N) is 1. The third-order valence-electron chi connectivity index (χ3n) is 4.38. The molecule has 0 atom stereocenters. The van der Waals surface area contributed by atoms with E-state index in [0.29, 0.717) is 29.3 Å². The average molecular weight is 361 g/mol. The summed E-state index contributed by atoms with van der Waals surface area (Å²) in [4.78, 5) is 16.7. The third-order valence-corrected chi connectivity index (χ3v) is 4.38. The van der Waals surface area contributed by atoms with E-state index in [1.54, 1.807) is 36.7 Å². The van der Waals surface area contributed by atoms with Gasteiger partial charge >= 0.3 is 0 Å². The van der Waals surface area contributed by atoms with Crippen LogP contribution in [0.2, 0.25) is 0 Å². The molecule has 6 heteroatoms. The predicted octanol–water partition coefficient (Wildman–Crippen LogP) is 3.98. The van der Waals surface area contributed by atoms with Crippen molar-refractivity contribution in [3.63, 3.8) is 0 Å². The van der Waals surface area contributed by atoms with Gasteiger partial charge in [0, 0.05) is 30.7 Å². The summed E-state index contributed by atoms with van der Waals surface area (Å²) < 4.78 is 10.6. The van der Waals surface area contributed by atoms with Gasteiger partial charge in [-0.25, -0.2) is 0 Å². The Labute approximate surface area is 157 Å². The van der Waals surface area contributed by atoms with Crippen LogP contribution in [0.1, 0.15) is 21.5 Å². The SMILES string of the molecule is Cc1ccccc1CNc1cncc(C(=O)Nc2ccc3c(c2)OCO3)c1. The van der Waals surface area contributed by atoms with Crippen LogP contribution in [0.5, 0.6) is 11.5 Å². The summed E-state index contributed by atoms with van der Waals surface area (Å²) in [5.41, 5.74) is 4.32. The summed E-state index contributed by atoms with van der Waals surface area (Å²) in [6.07, 6.45) is 3.25. The maximum atomic E-state index is 12.5. The number of hydrogen-bond donors (Lipinski definition) is 2. The second kappa shape index (κ2) is 7.37. The number of pyridine rings is 1. The lowest BCUT2D eigenvalue weighted by Gasteiger charge is -2.10. The number of aryl methyl sites for hydroxylation is 1. The number of benzene rings is 2. The Balaban J connectivity index is 1.44. The number of amides is 1. The van der Waals surface area contributed by atoms with Crippen molar-refractivity contribution in [2.24, 2.45) is 0 Å². The zero-order valence-electron chi connectivity index (χ0n) is 14.9. The number of ether oxygens (including phenoxy) is 2. The molecule has 0 saturated carbocycles. The highest BCUT2D eigenvalue weighted by Gasteiger charge is 2.15. The minimum atomic E-state index is -0.235. The van der Waals surface area contributed by atoms with Crippen molar-refractivity contribution in [1.29, 1.82) is 0 Å². The molecule has 0 radical (unpaired) electrons. The summed E-state index contributed by atoms with van der Waals surface area (Å²) in [6, 6.07) is 15.3. The first-order valence-electron chi connectivity index (χ1n) is 8.63. The molecule has 0 saturated heterocycles. The van der Waals surface area contributed by atoms with Gasteiger partial charge in [-0.05, 0) is 36.2 Å². The van der Waals surface area contributed by atoms with Crippen molar-refractivity contribution >= 4 is 17.3 Å². The molecule has 1 amide bonds. The van der Waals surface area contributed by atoms with Gasteiger partial charge in [-0.3, -0.25) is 9.78 Å². The van der Waals surface area contributed by atoms with Crippen LogP contribution < -0.4 is 20.1 Å². The Morgan fingerprint density at radius 2 is 1.89 bits per heavy atom. The van der Waals surface area contributed by atoms with Gasteiger partial charge < -0.3 is 20.1 Å². The predicted molar refractivity (Wildman–Crippen MR) is 103 cm³/mol. The van der Waals surface area contributed by atoms with E-state index in [1.807, 2.05) is 12.1 Å². The monoisotopic (exact) mass is 361 g/mol. The topological polar surface area (TPSA) is 72.5 Å². The molecule has 0 bridgehead atoms. The number of carbonyl (C=O) groups excluding carboxylic acids is 1. The molecule has 1 aliphatic rings. The second-order valence-electron chi connectivity index (χ2n) is 6.26. The highest BCUT2D eigenvalue weighted by Crippen LogP contribution is 2.34. The lowest BCUT2D eigenvalue weighted by Crippen LogP contribution is -2.13. The average Bonchev–Trinajstić information content (AvgIpc) is 3.15. The van der Waals surface area contributed by atoms with Crippen LogP contribution in [-0.4, -0.2) is 17.7 Å². The molecule has 1 aromatic heterocycles. The maximum Gasteiger partial charge on any atom is 0.257 e. The number of fused-ring (bicyclic) bond motifs is 1. The van der Waals surface area contributed by atoms with E-state index in [0.717, 1.165) is 5.69 Å². The third kappa shape index (κ3) is 3.84. The van der Waals surface area contributed by atoms with Gasteiger partial charge in [0.15, 0.2) is 11.5 Å². The molecule has 0 spiro atoms. The fraction of sp³-hybridized carbons (Fsp3) is 0.143. The Kier molecular flexibility index (Phi) is 4.61. The first-order chi connectivity index (χ1) is 13.2. The van der Waals surface area contributed by atoms with Crippen LogP contribution in [0.15, 0.2) is 60.9 Å². The number of rotatable bonds is 5. The smallest absolute Gasteiger partial charge is 0.257 e. The van der Waals surface area contributed by atoms with Crippen LogP contribution in [-0.2, 0) is 6.54 Å². The van der Waals surface area contributed by atoms with E-state index in [-0.39, 0.29) is 12.7 Å². The van der Waals surface area contributed by atoms with Crippen molar-refractivity contribution in [3.8, 4) is 11.5 Å². The van der Waals surface area contributed by atoms with E-state index < -0.39 is 0 Å². The standard InChI is InChI=1S/C21H19N3O3/c1-14-4-2-3-5-15(14)11-23-18-8-16(10-22-12-18)21(25)24-17-6-7-19-20(9-17)27-13-26-19/h2-10,12,23H,11,13H2,1H3,(H,24,25). The lowest BCUT2D eigenvalue weighted by molar-refractivity contribution is 0.102. The summed E-state index contributed by atoms with van der Waals surface area (Å²) in [5, 5.41) is 6.17. The molecule has 1 aliphatic heterocycles. The van der Waals surface area contributed by atoms with E-state index in [2.05, 4.69) is 34.7 Å². The van der Waals surface area contributed by atoms with Gasteiger partial charge in [0.25, 0.3) is 5.91 Å². The van der Waals surface area contributed by atoms with Gasteiger partial charge in [-0.2, -0.15) is 0 Å². The molecule has 2 heterocycles. The molecule has 0 unspecified atom stereocenters. The van der Waals surface area contributed by atoms with Crippen LogP contribution in [0.3, 0.4) is 0 Å². The number of nitrogens with one attached hydrogen (secondary N) is 2. The van der Waals surface area contributed by atoms with Crippen molar-refractivity contribution in [3.05, 3.63) is 77.6 Å². The maximum absolute atomic E-state index is 12.5. The van der Waals surface area contributed by atoms with Crippen LogP contribution in [0.25, 0.3) is 0 Å². The van der Waals surface area contributed by atoms with Gasteiger partial charge in [-0.15, -0.1) is 0 Å². The molecular weight excluding hydrogens is 342 g/mol. The van der Waals surface area contributed by atoms with Crippen molar-refractivity contribution < 1.29 is 14.3 Å². The number of aromatic nitrogens is 1. The highest BCUT2D eigenvalue weighted by atomic mass is 16.7. The Hall–Kier alpha value is -3.54. The van der Waals surface area contributed by atoms with Crippen molar-refractivity contribution in [1.82, 2.24) is 4.98 Å². The molecule has 136 valence electrons. The zero-order valence-corrected chi connectivity index (χ0v) is 14.9. The summed E-state index contributed by atoms with van der Waals surface area (Å²) in [5.74, 6) is 1.07. The Bertz CT molecular complexity index is 988. The van der Waals surface area contributed by atoms with Gasteiger partial charge in [0.1, 0.15) is 0 Å². The van der Waals surface area contributed by atoms with Gasteiger partial charge in [0.05, 0.1) is 11.3 Å². The largest absolute Gasteiger partial charge is 0.454 e. The molecule has 3 aromatic rings. The van der Waals surface area contributed by atoms with Crippen LogP contribution in [0, 0.1) is 6.92 Å². The van der Waals surface area contributed by atoms with Crippen LogP contribution >= 0.6 is 0 Å². The normalized spacial score (nSPS) is 11.9. The first kappa shape index (κ1) is 16.9. The molecule has 2 N–H and O–H groups in total. The number of carbonyl (C=O) groups is 1. The van der Waals surface area contributed by atoms with E-state index >= 15 is 0 Å². The fourth-order valence-corrected chi connectivity index (χ4v) is 2.84. The molecule has 4 rings (SSSR count). The quantitative estimate of drug-likeness (QED) is 0.719. The molecule has 2 aromatic carbocycles. The fourth-order valence-electron chi connectivity index (χ4n) is 2.84. The van der Waals surface area contributed by atoms with E-state index in [1.165, 1.54) is 11.1 Å². The van der Waals surface area contributed by atoms with Gasteiger partial charge in [-0.1, -0.05) is 24.3 Å². The lowest BCUT2D eigenvalue weighted by atomic mass is 10.1. The number of anilines is 2. The summed E-state index contributed by atoms with van der Waals surface area (Å²) in [6.45, 7) is 2.94. The van der Waals surface area contributed by atoms with E-state index in [4.69, 9.17) is 9.47 Å². The highest BCUT2D eigenvalue weighted by molar-refractivity contribution is 6.04. The molecule has 27 heavy (non-hydrogen) atoms. The summed E-state index contributed by atoms with van der Waals surface area (Å²) in [7, 11) is 0. The minimum absolute atomic E-state index is 0.200. The Morgan fingerprint density at radius 1 is 1.04 bits per heavy atom.